The van der Waals surface area contributed by atoms with Gasteiger partial charge in [-0.1, -0.05) is 13.8 Å². The van der Waals surface area contributed by atoms with Crippen LogP contribution in [0, 0.1) is 0 Å². The molecule has 0 heterocycles. The Kier molecular flexibility index (Phi) is 5.40. The summed E-state index contributed by atoms with van der Waals surface area (Å²) in [5, 5.41) is 0. The highest BCUT2D eigenvalue weighted by atomic mass is 16.5. The molecule has 0 atom stereocenters. The van der Waals surface area contributed by atoms with E-state index in [4.69, 9.17) is 10.5 Å². The zero-order valence-electron chi connectivity index (χ0n) is 10.1. The topological polar surface area (TPSA) is 47.6 Å². The maximum Gasteiger partial charge on any atom is 0.119 e. The molecule has 3 nitrogen and oxygen atoms in total. The molecule has 0 aliphatic rings. The monoisotopic (exact) mass is 220 g/mol. The minimum absolute atomic E-state index is 0.685. The summed E-state index contributed by atoms with van der Waals surface area (Å²) in [6, 6.07) is 7.70. The molecule has 1 rings (SSSR count). The van der Waals surface area contributed by atoms with E-state index in [2.05, 4.69) is 18.8 Å². The standard InChI is InChI=1S/C13H20N2O/c1-3-5-13(14)15-11-6-8-12(9-7-11)16-10-4-2/h6-9H,3-5,10H2,1-2H3,(H2,14,15). The van der Waals surface area contributed by atoms with Gasteiger partial charge in [-0.2, -0.15) is 0 Å². The first-order valence-electron chi connectivity index (χ1n) is 5.82. The lowest BCUT2D eigenvalue weighted by Gasteiger charge is -2.04. The molecule has 0 bridgehead atoms. The van der Waals surface area contributed by atoms with Crippen molar-refractivity contribution in [1.82, 2.24) is 0 Å². The lowest BCUT2D eigenvalue weighted by atomic mass is 10.3. The maximum absolute atomic E-state index is 5.75. The van der Waals surface area contributed by atoms with Crippen molar-refractivity contribution in [2.24, 2.45) is 10.7 Å². The molecule has 0 spiro atoms. The number of nitrogens with two attached hydrogens (primary N) is 1. The Morgan fingerprint density at radius 2 is 1.88 bits per heavy atom. The highest BCUT2D eigenvalue weighted by Gasteiger charge is 1.95. The van der Waals surface area contributed by atoms with Crippen LogP contribution in [0.15, 0.2) is 29.3 Å². The minimum atomic E-state index is 0.685. The van der Waals surface area contributed by atoms with Crippen molar-refractivity contribution < 1.29 is 4.74 Å². The van der Waals surface area contributed by atoms with Gasteiger partial charge < -0.3 is 10.5 Å². The molecule has 0 aliphatic carbocycles. The van der Waals surface area contributed by atoms with E-state index in [9.17, 15) is 0 Å². The molecule has 16 heavy (non-hydrogen) atoms. The molecule has 0 aliphatic heterocycles. The van der Waals surface area contributed by atoms with E-state index in [-0.39, 0.29) is 0 Å². The molecule has 0 amide bonds. The lowest BCUT2D eigenvalue weighted by Crippen LogP contribution is -2.09. The van der Waals surface area contributed by atoms with E-state index >= 15 is 0 Å². The fraction of sp³-hybridized carbons (Fsp3) is 0.462. The van der Waals surface area contributed by atoms with Gasteiger partial charge >= 0.3 is 0 Å². The van der Waals surface area contributed by atoms with Gasteiger partial charge in [0.1, 0.15) is 5.75 Å². The Morgan fingerprint density at radius 3 is 2.44 bits per heavy atom. The van der Waals surface area contributed by atoms with Gasteiger partial charge in [0.2, 0.25) is 0 Å². The van der Waals surface area contributed by atoms with Crippen LogP contribution in [0.3, 0.4) is 0 Å². The Labute approximate surface area is 97.3 Å². The molecule has 2 N–H and O–H groups in total. The van der Waals surface area contributed by atoms with Gasteiger partial charge in [-0.15, -0.1) is 0 Å². The van der Waals surface area contributed by atoms with Gasteiger partial charge in [0.25, 0.3) is 0 Å². The summed E-state index contributed by atoms with van der Waals surface area (Å²) in [5.41, 5.74) is 6.64. The van der Waals surface area contributed by atoms with E-state index < -0.39 is 0 Å². The van der Waals surface area contributed by atoms with Gasteiger partial charge in [0.05, 0.1) is 18.1 Å². The van der Waals surface area contributed by atoms with E-state index in [1.165, 1.54) is 0 Å². The van der Waals surface area contributed by atoms with Gasteiger partial charge in [-0.05, 0) is 37.1 Å². The van der Waals surface area contributed by atoms with Crippen LogP contribution in [0.4, 0.5) is 5.69 Å². The summed E-state index contributed by atoms with van der Waals surface area (Å²) >= 11 is 0. The largest absolute Gasteiger partial charge is 0.494 e. The number of hydrogen-bond acceptors (Lipinski definition) is 2. The van der Waals surface area contributed by atoms with Crippen LogP contribution in [0.25, 0.3) is 0 Å². The van der Waals surface area contributed by atoms with Crippen molar-refractivity contribution in [3.63, 3.8) is 0 Å². The van der Waals surface area contributed by atoms with Crippen molar-refractivity contribution in [3.8, 4) is 5.75 Å². The number of aliphatic imine (C=N–C) groups is 1. The van der Waals surface area contributed by atoms with Crippen molar-refractivity contribution in [2.45, 2.75) is 33.1 Å². The average Bonchev–Trinajstić information content (AvgIpc) is 2.28. The molecule has 1 aromatic carbocycles. The van der Waals surface area contributed by atoms with E-state index in [0.717, 1.165) is 37.3 Å². The van der Waals surface area contributed by atoms with Gasteiger partial charge in [-0.25, -0.2) is 4.99 Å². The van der Waals surface area contributed by atoms with Gasteiger partial charge in [0, 0.05) is 6.42 Å². The zero-order chi connectivity index (χ0) is 11.8. The third-order valence-electron chi connectivity index (χ3n) is 2.09. The van der Waals surface area contributed by atoms with Gasteiger partial charge in [-0.3, -0.25) is 0 Å². The second kappa shape index (κ2) is 6.88. The van der Waals surface area contributed by atoms with Crippen molar-refractivity contribution in [3.05, 3.63) is 24.3 Å². The van der Waals surface area contributed by atoms with Crippen molar-refractivity contribution in [1.29, 1.82) is 0 Å². The fourth-order valence-electron chi connectivity index (χ4n) is 1.31. The summed E-state index contributed by atoms with van der Waals surface area (Å²) in [6.07, 6.45) is 2.88. The van der Waals surface area contributed by atoms with Crippen LogP contribution in [-0.2, 0) is 0 Å². The summed E-state index contributed by atoms with van der Waals surface area (Å²) < 4.78 is 5.48. The summed E-state index contributed by atoms with van der Waals surface area (Å²) in [4.78, 5) is 4.31. The number of rotatable bonds is 6. The summed E-state index contributed by atoms with van der Waals surface area (Å²) in [6.45, 7) is 4.93. The highest BCUT2D eigenvalue weighted by Crippen LogP contribution is 2.18. The predicted octanol–water partition coefficient (Wildman–Crippen LogP) is 3.26. The van der Waals surface area contributed by atoms with Crippen molar-refractivity contribution >= 4 is 11.5 Å². The number of ether oxygens (including phenoxy) is 1. The van der Waals surface area contributed by atoms with Crippen LogP contribution in [0.2, 0.25) is 0 Å². The quantitative estimate of drug-likeness (QED) is 0.591. The molecular formula is C13H20N2O. The normalized spacial score (nSPS) is 11.5. The van der Waals surface area contributed by atoms with Crippen LogP contribution < -0.4 is 10.5 Å². The number of benzene rings is 1. The molecule has 0 saturated carbocycles. The van der Waals surface area contributed by atoms with Gasteiger partial charge in [0.15, 0.2) is 0 Å². The third-order valence-corrected chi connectivity index (χ3v) is 2.09. The number of nitrogens with zero attached hydrogens (tertiary/aromatic N) is 1. The third kappa shape index (κ3) is 4.34. The number of amidine groups is 1. The van der Waals surface area contributed by atoms with Crippen LogP contribution in [-0.4, -0.2) is 12.4 Å². The average molecular weight is 220 g/mol. The number of hydrogen-bond donors (Lipinski definition) is 1. The Hall–Kier alpha value is -1.51. The highest BCUT2D eigenvalue weighted by molar-refractivity contribution is 5.83. The first-order chi connectivity index (χ1) is 7.76. The Bertz CT molecular complexity index is 330. The Morgan fingerprint density at radius 1 is 1.19 bits per heavy atom. The molecule has 3 heteroatoms. The molecular weight excluding hydrogens is 200 g/mol. The second-order valence-electron chi connectivity index (χ2n) is 3.70. The summed E-state index contributed by atoms with van der Waals surface area (Å²) in [5.74, 6) is 1.57. The van der Waals surface area contributed by atoms with Crippen LogP contribution in [0.5, 0.6) is 5.75 Å². The maximum atomic E-state index is 5.75. The molecule has 0 radical (unpaired) electrons. The summed E-state index contributed by atoms with van der Waals surface area (Å²) in [7, 11) is 0. The molecule has 0 fully saturated rings. The van der Waals surface area contributed by atoms with E-state index in [1.54, 1.807) is 0 Å². The zero-order valence-corrected chi connectivity index (χ0v) is 10.1. The van der Waals surface area contributed by atoms with Crippen LogP contribution in [0.1, 0.15) is 33.1 Å². The molecule has 88 valence electrons. The first kappa shape index (κ1) is 12.6. The Balaban J connectivity index is 2.60. The van der Waals surface area contributed by atoms with Crippen LogP contribution >= 0.6 is 0 Å². The van der Waals surface area contributed by atoms with E-state index in [1.807, 2.05) is 24.3 Å². The molecule has 0 saturated heterocycles. The molecule has 0 unspecified atom stereocenters. The second-order valence-corrected chi connectivity index (χ2v) is 3.70. The fourth-order valence-corrected chi connectivity index (χ4v) is 1.31. The van der Waals surface area contributed by atoms with Crippen molar-refractivity contribution in [2.75, 3.05) is 6.61 Å². The lowest BCUT2D eigenvalue weighted by molar-refractivity contribution is 0.317. The molecule has 1 aromatic rings. The molecule has 0 aromatic heterocycles. The predicted molar refractivity (Wildman–Crippen MR) is 68.4 cm³/mol. The SMILES string of the molecule is CCCOc1ccc(N=C(N)CCC)cc1. The smallest absolute Gasteiger partial charge is 0.119 e. The first-order valence-corrected chi connectivity index (χ1v) is 5.82. The minimum Gasteiger partial charge on any atom is -0.494 e. The van der Waals surface area contributed by atoms with E-state index in [0.29, 0.717) is 5.84 Å².